The Morgan fingerprint density at radius 2 is 0.828 bits per heavy atom. The van der Waals surface area contributed by atoms with E-state index in [0.717, 1.165) is 6.42 Å². The van der Waals surface area contributed by atoms with Crippen molar-refractivity contribution in [1.82, 2.24) is 0 Å². The fraction of sp³-hybridized carbons (Fsp3) is 0.864. The third kappa shape index (κ3) is 38.1. The van der Waals surface area contributed by atoms with Crippen LogP contribution in [0.15, 0.2) is 0 Å². The maximum atomic E-state index is 10.6. The normalized spacial score (nSPS) is 9.83. The third-order valence-electron chi connectivity index (χ3n) is 4.58. The minimum absolute atomic E-state index is 0. The summed E-state index contributed by atoms with van der Waals surface area (Å²) in [4.78, 5) is 29.8. The number of carbonyl (C=O) groups excluding carboxylic acids is 1. The number of rotatable bonds is 19. The number of unbranched alkanes of at least 4 members (excludes halogenated alkanes) is 14. The highest BCUT2D eigenvalue weighted by molar-refractivity contribution is 7.59. The van der Waals surface area contributed by atoms with E-state index in [-0.39, 0.29) is 32.2 Å². The fourth-order valence-electron chi connectivity index (χ4n) is 2.88. The highest BCUT2D eigenvalue weighted by atomic mass is 32.1. The Kier molecular flexibility index (Phi) is 29.9. The summed E-state index contributed by atoms with van der Waals surface area (Å²) >= 11 is 0. The molecule has 0 bridgehead atoms. The highest BCUT2D eigenvalue weighted by Gasteiger charge is 2.00. The van der Waals surface area contributed by atoms with Gasteiger partial charge >= 0.3 is 11.9 Å². The number of aliphatic carboxylic acids is 2. The molecule has 0 fully saturated rings. The minimum Gasteiger partial charge on any atom is -0.481 e. The van der Waals surface area contributed by atoms with Crippen molar-refractivity contribution in [3.05, 3.63) is 0 Å². The third-order valence-corrected chi connectivity index (χ3v) is 4.58. The molecule has 7 heteroatoms. The topological polar surface area (TPSA) is 118 Å². The summed E-state index contributed by atoms with van der Waals surface area (Å²) in [6.07, 6.45) is 20.3. The van der Waals surface area contributed by atoms with Crippen LogP contribution >= 0.6 is 13.5 Å². The molecule has 0 saturated heterocycles. The van der Waals surface area contributed by atoms with Gasteiger partial charge in [0.05, 0.1) is 12.8 Å². The zero-order chi connectivity index (χ0) is 21.5. The van der Waals surface area contributed by atoms with Crippen molar-refractivity contribution >= 4 is 31.3 Å². The quantitative estimate of drug-likeness (QED) is 0.222. The number of nitrogens with two attached hydrogens (primary N) is 1. The monoisotopic (exact) mass is 435 g/mol. The van der Waals surface area contributed by atoms with Gasteiger partial charge in [0, 0.05) is 6.42 Å². The van der Waals surface area contributed by atoms with E-state index in [1.807, 2.05) is 0 Å². The first-order valence-corrected chi connectivity index (χ1v) is 11.1. The van der Waals surface area contributed by atoms with E-state index in [1.165, 1.54) is 89.9 Å². The van der Waals surface area contributed by atoms with Crippen molar-refractivity contribution in [3.63, 3.8) is 0 Å². The molecule has 29 heavy (non-hydrogen) atoms. The van der Waals surface area contributed by atoms with Gasteiger partial charge in [-0.05, 0) is 6.42 Å². The van der Waals surface area contributed by atoms with Crippen LogP contribution in [0, 0.1) is 0 Å². The maximum absolute atomic E-state index is 10.6. The Bertz CT molecular complexity index is 377. The lowest BCUT2D eigenvalue weighted by atomic mass is 10.0. The van der Waals surface area contributed by atoms with Crippen LogP contribution in [0.3, 0.4) is 0 Å². The van der Waals surface area contributed by atoms with Gasteiger partial charge in [-0.15, -0.1) is 0 Å². The minimum atomic E-state index is -1.08. The standard InChI is InChI=1S/C18H37NO.C4H6O4.H2S/c1-2-3-4-5-6-7-8-9-10-11-12-13-14-15-16-17-18(19)20;5-3(6)1-2-4(7)8;/h2-17H2,1H3,(H2,19,20);1-2H2,(H,5,6)(H,7,8);1H2. The molecule has 0 aliphatic rings. The molecule has 0 spiro atoms. The van der Waals surface area contributed by atoms with Gasteiger partial charge in [0.25, 0.3) is 0 Å². The predicted octanol–water partition coefficient (Wildman–Crippen LogP) is 5.78. The number of primary amides is 1. The van der Waals surface area contributed by atoms with Gasteiger partial charge in [-0.3, -0.25) is 14.4 Å². The second-order valence-electron chi connectivity index (χ2n) is 7.45. The Hall–Kier alpha value is -1.24. The lowest BCUT2D eigenvalue weighted by Gasteiger charge is -2.03. The molecule has 0 aromatic carbocycles. The fourth-order valence-corrected chi connectivity index (χ4v) is 2.88. The average molecular weight is 436 g/mol. The summed E-state index contributed by atoms with van der Waals surface area (Å²) in [6.45, 7) is 2.28. The van der Waals surface area contributed by atoms with Gasteiger partial charge in [-0.1, -0.05) is 96.8 Å². The Balaban J connectivity index is -0.000000636. The van der Waals surface area contributed by atoms with Crippen molar-refractivity contribution in [2.45, 2.75) is 122 Å². The smallest absolute Gasteiger partial charge is 0.303 e. The van der Waals surface area contributed by atoms with Crippen LogP contribution in [0.1, 0.15) is 122 Å². The van der Waals surface area contributed by atoms with Crippen LogP contribution in [-0.4, -0.2) is 28.1 Å². The molecule has 0 atom stereocenters. The first-order valence-electron chi connectivity index (χ1n) is 11.1. The van der Waals surface area contributed by atoms with Crippen molar-refractivity contribution in [1.29, 1.82) is 0 Å². The van der Waals surface area contributed by atoms with Crippen molar-refractivity contribution < 1.29 is 24.6 Å². The second-order valence-corrected chi connectivity index (χ2v) is 7.45. The van der Waals surface area contributed by atoms with Crippen molar-refractivity contribution in [2.24, 2.45) is 5.73 Å². The van der Waals surface area contributed by atoms with Crippen LogP contribution in [0.25, 0.3) is 0 Å². The molecule has 0 aromatic heterocycles. The summed E-state index contributed by atoms with van der Waals surface area (Å²) in [6, 6.07) is 0. The van der Waals surface area contributed by atoms with Gasteiger partial charge in [0.15, 0.2) is 0 Å². The Morgan fingerprint density at radius 1 is 0.552 bits per heavy atom. The summed E-state index contributed by atoms with van der Waals surface area (Å²) in [5.74, 6) is -2.31. The Morgan fingerprint density at radius 3 is 1.07 bits per heavy atom. The van der Waals surface area contributed by atoms with E-state index in [2.05, 4.69) is 6.92 Å². The highest BCUT2D eigenvalue weighted by Crippen LogP contribution is 2.13. The maximum Gasteiger partial charge on any atom is 0.303 e. The summed E-state index contributed by atoms with van der Waals surface area (Å²) in [5, 5.41) is 15.8. The molecule has 0 radical (unpaired) electrons. The number of hydrogen-bond donors (Lipinski definition) is 3. The second kappa shape index (κ2) is 26.8. The van der Waals surface area contributed by atoms with Crippen molar-refractivity contribution in [3.8, 4) is 0 Å². The van der Waals surface area contributed by atoms with E-state index in [0.29, 0.717) is 6.42 Å². The van der Waals surface area contributed by atoms with Gasteiger partial charge in [-0.2, -0.15) is 13.5 Å². The molecule has 6 nitrogen and oxygen atoms in total. The number of carbonyl (C=O) groups is 3. The van der Waals surface area contributed by atoms with Gasteiger partial charge in [0.1, 0.15) is 0 Å². The molecular weight excluding hydrogens is 390 g/mol. The van der Waals surface area contributed by atoms with Crippen LogP contribution in [0.5, 0.6) is 0 Å². The van der Waals surface area contributed by atoms with Gasteiger partial charge in [0.2, 0.25) is 5.91 Å². The number of carboxylic acids is 2. The predicted molar refractivity (Wildman–Crippen MR) is 124 cm³/mol. The van der Waals surface area contributed by atoms with Crippen LogP contribution in [0.4, 0.5) is 0 Å². The van der Waals surface area contributed by atoms with Crippen LogP contribution < -0.4 is 5.73 Å². The summed E-state index contributed by atoms with van der Waals surface area (Å²) in [5.41, 5.74) is 5.11. The first kappa shape index (κ1) is 32.4. The van der Waals surface area contributed by atoms with E-state index in [9.17, 15) is 14.4 Å². The molecule has 174 valence electrons. The molecule has 0 aromatic rings. The molecular formula is C22H45NO5S. The van der Waals surface area contributed by atoms with E-state index >= 15 is 0 Å². The van der Waals surface area contributed by atoms with Crippen LogP contribution in [-0.2, 0) is 14.4 Å². The van der Waals surface area contributed by atoms with Crippen LogP contribution in [0.2, 0.25) is 0 Å². The molecule has 0 saturated carbocycles. The average Bonchev–Trinajstić information content (AvgIpc) is 2.63. The first-order chi connectivity index (χ1) is 13.4. The Labute approximate surface area is 184 Å². The summed E-state index contributed by atoms with van der Waals surface area (Å²) < 4.78 is 0. The lowest BCUT2D eigenvalue weighted by molar-refractivity contribution is -0.143. The van der Waals surface area contributed by atoms with E-state index < -0.39 is 11.9 Å². The largest absolute Gasteiger partial charge is 0.481 e. The lowest BCUT2D eigenvalue weighted by Crippen LogP contribution is -2.09. The number of carboxylic acid groups (broad SMARTS) is 2. The van der Waals surface area contributed by atoms with Gasteiger partial charge < -0.3 is 15.9 Å². The van der Waals surface area contributed by atoms with Gasteiger partial charge in [-0.25, -0.2) is 0 Å². The molecule has 0 unspecified atom stereocenters. The molecule has 0 heterocycles. The van der Waals surface area contributed by atoms with E-state index in [1.54, 1.807) is 0 Å². The summed E-state index contributed by atoms with van der Waals surface area (Å²) in [7, 11) is 0. The molecule has 0 aliphatic carbocycles. The molecule has 0 aliphatic heterocycles. The SMILES string of the molecule is CCCCCCCCCCCCCCCCCC(N)=O.O=C(O)CCC(=O)O.S. The van der Waals surface area contributed by atoms with E-state index in [4.69, 9.17) is 15.9 Å². The van der Waals surface area contributed by atoms with Crippen molar-refractivity contribution in [2.75, 3.05) is 0 Å². The zero-order valence-corrected chi connectivity index (χ0v) is 19.4. The zero-order valence-electron chi connectivity index (χ0n) is 18.4. The molecule has 4 N–H and O–H groups in total. The molecule has 1 amide bonds. The number of amides is 1. The molecule has 0 rings (SSSR count). The number of hydrogen-bond acceptors (Lipinski definition) is 3.